The number of benzene rings is 1. The zero-order valence-electron chi connectivity index (χ0n) is 25.2. The number of halogens is 1. The lowest BCUT2D eigenvalue weighted by Gasteiger charge is -2.25. The minimum Gasteiger partial charge on any atom is -0.511 e. The highest BCUT2D eigenvalue weighted by atomic mass is 35.5. The van der Waals surface area contributed by atoms with E-state index in [1.165, 1.54) is 0 Å². The quantitative estimate of drug-likeness (QED) is 0.147. The molecule has 1 aliphatic rings. The number of carbonyl (C=O) groups is 2. The number of anilines is 1. The zero-order chi connectivity index (χ0) is 30.4. The normalized spacial score (nSPS) is 16.2. The third-order valence-corrected chi connectivity index (χ3v) is 8.01. The predicted octanol–water partition coefficient (Wildman–Crippen LogP) is 7.23. The van der Waals surface area contributed by atoms with Gasteiger partial charge in [-0.1, -0.05) is 50.5 Å². The van der Waals surface area contributed by atoms with Gasteiger partial charge in [0.15, 0.2) is 5.78 Å². The van der Waals surface area contributed by atoms with Crippen molar-refractivity contribution < 1.29 is 19.5 Å². The molecule has 2 unspecified atom stereocenters. The Labute approximate surface area is 254 Å². The van der Waals surface area contributed by atoms with Crippen LogP contribution in [0.25, 0.3) is 0 Å². The number of thioether (sulfide) groups is 1. The monoisotopic (exact) mass is 604 g/mol. The lowest BCUT2D eigenvalue weighted by molar-refractivity contribution is -0.117. The number of aliphatic hydroxyl groups excluding tert-OH is 1. The van der Waals surface area contributed by atoms with Gasteiger partial charge in [0, 0.05) is 30.5 Å². The Morgan fingerprint density at radius 1 is 1.24 bits per heavy atom. The average Bonchev–Trinajstić information content (AvgIpc) is 3.44. The van der Waals surface area contributed by atoms with Crippen molar-refractivity contribution in [1.82, 2.24) is 9.78 Å². The van der Waals surface area contributed by atoms with Crippen LogP contribution in [0.4, 0.5) is 5.69 Å². The van der Waals surface area contributed by atoms with Gasteiger partial charge in [-0.15, -0.1) is 11.6 Å². The first-order valence-electron chi connectivity index (χ1n) is 14.3. The van der Waals surface area contributed by atoms with Crippen LogP contribution in [0.2, 0.25) is 0 Å². The number of alkyl halides is 1. The molecule has 1 N–H and O–H groups in total. The maximum Gasteiger partial charge on any atom is 0.243 e. The maximum atomic E-state index is 12.5. The molecule has 226 valence electrons. The molecule has 1 aromatic heterocycles. The number of aromatic nitrogens is 2. The van der Waals surface area contributed by atoms with Gasteiger partial charge in [-0.05, 0) is 62.5 Å². The summed E-state index contributed by atoms with van der Waals surface area (Å²) in [5, 5.41) is 19.1. The van der Waals surface area contributed by atoms with E-state index in [1.807, 2.05) is 69.9 Å². The molecule has 0 spiro atoms. The second-order valence-corrected chi connectivity index (χ2v) is 12.1. The Morgan fingerprint density at radius 2 is 1.95 bits per heavy atom. The van der Waals surface area contributed by atoms with Gasteiger partial charge < -0.3 is 9.94 Å². The standard InChI is InChI=1S/C17H29NO3S.C14H16ClN3O/c1-5-8-14(18-21-6-2)17-15(19)10-13(11-16(17)20)9-12(4)22-7-3;1-11-5-3-6-12(2)14(11)18(13(19)9-15)10-17-8-4-7-16-17/h12-13,19H,5-11H2,1-4H3;3-8H,9-10H2,1-2H3. The average molecular weight is 605 g/mol. The largest absolute Gasteiger partial charge is 0.511 e. The summed E-state index contributed by atoms with van der Waals surface area (Å²) in [6.07, 6.45) is 7.07. The zero-order valence-corrected chi connectivity index (χ0v) is 26.8. The third-order valence-electron chi connectivity index (χ3n) is 6.69. The highest BCUT2D eigenvalue weighted by Gasteiger charge is 2.31. The molecule has 8 nitrogen and oxygen atoms in total. The second kappa shape index (κ2) is 17.9. The van der Waals surface area contributed by atoms with Crippen molar-refractivity contribution in [3.8, 4) is 0 Å². The molecule has 2 aromatic rings. The molecule has 10 heteroatoms. The minimum absolute atomic E-state index is 0.00866. The van der Waals surface area contributed by atoms with E-state index in [0.717, 1.165) is 35.4 Å². The maximum absolute atomic E-state index is 12.5. The van der Waals surface area contributed by atoms with Crippen LogP contribution in [-0.2, 0) is 21.1 Å². The fraction of sp³-hybridized carbons (Fsp3) is 0.548. The van der Waals surface area contributed by atoms with Crippen LogP contribution in [0.1, 0.15) is 70.9 Å². The molecule has 0 fully saturated rings. The number of nitrogens with zero attached hydrogens (tertiary/aromatic N) is 4. The molecule has 1 heterocycles. The van der Waals surface area contributed by atoms with Crippen molar-refractivity contribution in [2.24, 2.45) is 11.1 Å². The summed E-state index contributed by atoms with van der Waals surface area (Å²) < 4.78 is 1.70. The number of para-hydroxylation sites is 1. The van der Waals surface area contributed by atoms with Gasteiger partial charge in [-0.2, -0.15) is 16.9 Å². The summed E-state index contributed by atoms with van der Waals surface area (Å²) in [6.45, 7) is 13.0. The van der Waals surface area contributed by atoms with Crippen molar-refractivity contribution in [2.45, 2.75) is 85.6 Å². The van der Waals surface area contributed by atoms with Crippen LogP contribution in [-0.4, -0.2) is 55.8 Å². The third kappa shape index (κ3) is 10.5. The van der Waals surface area contributed by atoms with E-state index in [4.69, 9.17) is 16.4 Å². The number of allylic oxidation sites excluding steroid dienone is 2. The number of aliphatic hydroxyl groups is 1. The number of aryl methyl sites for hydroxylation is 2. The van der Waals surface area contributed by atoms with E-state index < -0.39 is 0 Å². The van der Waals surface area contributed by atoms with Crippen molar-refractivity contribution in [2.75, 3.05) is 23.1 Å². The summed E-state index contributed by atoms with van der Waals surface area (Å²) in [5.41, 5.74) is 4.00. The Kier molecular flexibility index (Phi) is 15.0. The van der Waals surface area contributed by atoms with E-state index in [1.54, 1.807) is 15.8 Å². The number of amides is 1. The number of hydrogen-bond acceptors (Lipinski definition) is 7. The molecule has 0 saturated carbocycles. The Bertz CT molecular complexity index is 1160. The van der Waals surface area contributed by atoms with E-state index in [2.05, 4.69) is 24.1 Å². The second-order valence-electron chi connectivity index (χ2n) is 10.1. The minimum atomic E-state index is -0.130. The summed E-state index contributed by atoms with van der Waals surface area (Å²) in [6, 6.07) is 7.78. The molecular weight excluding hydrogens is 560 g/mol. The molecule has 0 radical (unpaired) electrons. The highest BCUT2D eigenvalue weighted by molar-refractivity contribution is 7.99. The Hall–Kier alpha value is -2.78. The topological polar surface area (TPSA) is 97.0 Å². The fourth-order valence-electron chi connectivity index (χ4n) is 4.99. The predicted molar refractivity (Wildman–Crippen MR) is 170 cm³/mol. The van der Waals surface area contributed by atoms with Crippen molar-refractivity contribution in [3.05, 3.63) is 59.1 Å². The molecule has 0 aliphatic heterocycles. The molecule has 0 bridgehead atoms. The number of oxime groups is 1. The van der Waals surface area contributed by atoms with E-state index in [9.17, 15) is 14.7 Å². The van der Waals surface area contributed by atoms with Gasteiger partial charge in [0.05, 0.1) is 17.0 Å². The first-order valence-corrected chi connectivity index (χ1v) is 15.9. The van der Waals surface area contributed by atoms with Crippen LogP contribution >= 0.6 is 23.4 Å². The highest BCUT2D eigenvalue weighted by Crippen LogP contribution is 2.33. The van der Waals surface area contributed by atoms with Crippen molar-refractivity contribution >= 4 is 46.5 Å². The number of carbonyl (C=O) groups excluding carboxylic acids is 2. The molecular formula is C31H45ClN4O4S. The molecule has 41 heavy (non-hydrogen) atoms. The first-order chi connectivity index (χ1) is 19.7. The first kappa shape index (κ1) is 34.4. The molecule has 2 atom stereocenters. The van der Waals surface area contributed by atoms with Gasteiger partial charge in [0.25, 0.3) is 0 Å². The summed E-state index contributed by atoms with van der Waals surface area (Å²) in [4.78, 5) is 31.3. The summed E-state index contributed by atoms with van der Waals surface area (Å²) in [5.74, 6) is 1.34. The fourth-order valence-corrected chi connectivity index (χ4v) is 6.11. The van der Waals surface area contributed by atoms with Crippen LogP contribution in [0.15, 0.2) is 53.1 Å². The van der Waals surface area contributed by atoms with Gasteiger partial charge in [-0.3, -0.25) is 19.2 Å². The van der Waals surface area contributed by atoms with Crippen molar-refractivity contribution in [1.29, 1.82) is 0 Å². The number of Topliss-reactive ketones (excluding diaryl/α,β-unsaturated/α-hetero) is 1. The molecule has 3 rings (SSSR count). The van der Waals surface area contributed by atoms with E-state index in [0.29, 0.717) is 49.1 Å². The summed E-state index contributed by atoms with van der Waals surface area (Å²) >= 11 is 7.62. The smallest absolute Gasteiger partial charge is 0.243 e. The van der Waals surface area contributed by atoms with Crippen LogP contribution in [0, 0.1) is 19.8 Å². The van der Waals surface area contributed by atoms with Crippen LogP contribution < -0.4 is 4.90 Å². The van der Waals surface area contributed by atoms with E-state index in [-0.39, 0.29) is 29.2 Å². The van der Waals surface area contributed by atoms with Gasteiger partial charge >= 0.3 is 0 Å². The lowest BCUT2D eigenvalue weighted by atomic mass is 9.82. The number of hydrogen-bond donors (Lipinski definition) is 1. The van der Waals surface area contributed by atoms with Crippen molar-refractivity contribution in [3.63, 3.8) is 0 Å². The Balaban J connectivity index is 0.000000289. The Morgan fingerprint density at radius 3 is 2.49 bits per heavy atom. The van der Waals surface area contributed by atoms with Crippen LogP contribution in [0.3, 0.4) is 0 Å². The SMILES string of the molecule is CCCC(=NOCC)C1=C(O)CC(CC(C)SCC)CC1=O.Cc1cccc(C)c1N(Cn1cccn1)C(=O)CCl. The number of rotatable bonds is 13. The molecule has 1 amide bonds. The lowest BCUT2D eigenvalue weighted by Crippen LogP contribution is -2.35. The van der Waals surface area contributed by atoms with E-state index >= 15 is 0 Å². The van der Waals surface area contributed by atoms with Gasteiger partial charge in [0.2, 0.25) is 5.91 Å². The van der Waals surface area contributed by atoms with Gasteiger partial charge in [-0.25, -0.2) is 0 Å². The van der Waals surface area contributed by atoms with Gasteiger partial charge in [0.1, 0.15) is 24.9 Å². The molecule has 0 saturated heterocycles. The van der Waals surface area contributed by atoms with Crippen LogP contribution in [0.5, 0.6) is 0 Å². The number of ketones is 1. The molecule has 1 aromatic carbocycles. The summed E-state index contributed by atoms with van der Waals surface area (Å²) in [7, 11) is 0. The molecule has 1 aliphatic carbocycles.